The minimum absolute atomic E-state index is 0.0336. The molecule has 0 radical (unpaired) electrons. The zero-order valence-corrected chi connectivity index (χ0v) is 9.64. The van der Waals surface area contributed by atoms with Crippen molar-refractivity contribution in [2.45, 2.75) is 0 Å². The van der Waals surface area contributed by atoms with Crippen molar-refractivity contribution in [3.8, 4) is 0 Å². The van der Waals surface area contributed by atoms with Crippen LogP contribution in [-0.4, -0.2) is 59.3 Å². The van der Waals surface area contributed by atoms with Gasteiger partial charge in [0.15, 0.2) is 0 Å². The molecular weight excluding hydrogens is 220 g/mol. The number of carbonyl (C=O) groups excluding carboxylic acids is 2. The zero-order valence-electron chi connectivity index (χ0n) is 7.85. The number of nitrogens with zero attached hydrogens (tertiary/aromatic N) is 2. The number of hydrogen-bond acceptors (Lipinski definition) is 4. The minimum atomic E-state index is 0.0336. The summed E-state index contributed by atoms with van der Waals surface area (Å²) in [5.41, 5.74) is 0. The van der Waals surface area contributed by atoms with Crippen molar-refractivity contribution in [3.63, 3.8) is 0 Å². The van der Waals surface area contributed by atoms with Gasteiger partial charge < -0.3 is 9.80 Å². The van der Waals surface area contributed by atoms with Gasteiger partial charge in [0.1, 0.15) is 0 Å². The smallest absolute Gasteiger partial charge is 0.232 e. The molecule has 0 bridgehead atoms. The van der Waals surface area contributed by atoms with Crippen molar-refractivity contribution < 1.29 is 9.59 Å². The van der Waals surface area contributed by atoms with Crippen LogP contribution in [0, 0.1) is 0 Å². The second-order valence-corrected chi connectivity index (χ2v) is 3.71. The van der Waals surface area contributed by atoms with Gasteiger partial charge in [0.05, 0.1) is 11.5 Å². The lowest BCUT2D eigenvalue weighted by Gasteiger charge is -2.34. The molecule has 80 valence electrons. The molecule has 0 N–H and O–H groups in total. The van der Waals surface area contributed by atoms with Crippen LogP contribution in [0.2, 0.25) is 0 Å². The van der Waals surface area contributed by atoms with Crippen molar-refractivity contribution in [2.24, 2.45) is 0 Å². The van der Waals surface area contributed by atoms with Crippen LogP contribution in [0.3, 0.4) is 0 Å². The number of rotatable bonds is 2. The van der Waals surface area contributed by atoms with Crippen molar-refractivity contribution in [2.75, 3.05) is 37.7 Å². The number of piperazine rings is 1. The highest BCUT2D eigenvalue weighted by Gasteiger charge is 2.22. The molecule has 0 atom stereocenters. The molecule has 0 aromatic heterocycles. The van der Waals surface area contributed by atoms with Gasteiger partial charge in [-0.3, -0.25) is 9.59 Å². The van der Waals surface area contributed by atoms with Gasteiger partial charge in [0.25, 0.3) is 0 Å². The maximum atomic E-state index is 11.2. The Kier molecular flexibility index (Phi) is 4.60. The van der Waals surface area contributed by atoms with E-state index >= 15 is 0 Å². The number of thiol groups is 2. The molecule has 1 rings (SSSR count). The number of hydrogen-bond donors (Lipinski definition) is 2. The minimum Gasteiger partial charge on any atom is -0.338 e. The molecule has 0 unspecified atom stereocenters. The van der Waals surface area contributed by atoms with E-state index in [1.807, 2.05) is 0 Å². The third-order valence-corrected chi connectivity index (χ3v) is 2.80. The first kappa shape index (κ1) is 11.7. The summed E-state index contributed by atoms with van der Waals surface area (Å²) in [6.07, 6.45) is 0. The maximum absolute atomic E-state index is 11.2. The topological polar surface area (TPSA) is 40.6 Å². The third-order valence-electron chi connectivity index (χ3n) is 2.26. The number of carbonyl (C=O) groups is 2. The van der Waals surface area contributed by atoms with Crippen molar-refractivity contribution in [1.29, 1.82) is 0 Å². The molecule has 1 heterocycles. The van der Waals surface area contributed by atoms with E-state index in [1.165, 1.54) is 0 Å². The molecule has 14 heavy (non-hydrogen) atoms. The summed E-state index contributed by atoms with van der Waals surface area (Å²) in [4.78, 5) is 26.0. The van der Waals surface area contributed by atoms with Gasteiger partial charge in [-0.05, 0) is 0 Å². The summed E-state index contributed by atoms with van der Waals surface area (Å²) in [7, 11) is 0. The van der Waals surface area contributed by atoms with E-state index in [1.54, 1.807) is 9.80 Å². The molecule has 4 nitrogen and oxygen atoms in total. The summed E-state index contributed by atoms with van der Waals surface area (Å²) < 4.78 is 0. The first-order valence-electron chi connectivity index (χ1n) is 4.46. The lowest BCUT2D eigenvalue weighted by molar-refractivity contribution is -0.136. The largest absolute Gasteiger partial charge is 0.338 e. The summed E-state index contributed by atoms with van der Waals surface area (Å²) in [5.74, 6) is 0.540. The second kappa shape index (κ2) is 5.50. The molecule has 1 aliphatic rings. The van der Waals surface area contributed by atoms with Crippen LogP contribution in [0.15, 0.2) is 0 Å². The molecule has 0 saturated carbocycles. The Labute approximate surface area is 94.4 Å². The Balaban J connectivity index is 2.38. The predicted molar refractivity (Wildman–Crippen MR) is 60.9 cm³/mol. The fourth-order valence-corrected chi connectivity index (χ4v) is 1.81. The average Bonchev–Trinajstić information content (AvgIpc) is 2.27. The van der Waals surface area contributed by atoms with Crippen molar-refractivity contribution in [3.05, 3.63) is 0 Å². The molecule has 2 amide bonds. The highest BCUT2D eigenvalue weighted by Crippen LogP contribution is 2.03. The van der Waals surface area contributed by atoms with Gasteiger partial charge in [-0.25, -0.2) is 0 Å². The Morgan fingerprint density at radius 3 is 1.36 bits per heavy atom. The maximum Gasteiger partial charge on any atom is 0.232 e. The molecule has 1 saturated heterocycles. The zero-order chi connectivity index (χ0) is 10.6. The SMILES string of the molecule is O=C(CS)N1CCN(C(=O)CS)CC1. The molecule has 1 aliphatic heterocycles. The summed E-state index contributed by atoms with van der Waals surface area (Å²) in [5, 5.41) is 0. The van der Waals surface area contributed by atoms with Crippen LogP contribution in [0.25, 0.3) is 0 Å². The summed E-state index contributed by atoms with van der Waals surface area (Å²) >= 11 is 7.85. The van der Waals surface area contributed by atoms with E-state index in [2.05, 4.69) is 25.3 Å². The molecule has 0 spiro atoms. The highest BCUT2D eigenvalue weighted by atomic mass is 32.1. The quantitative estimate of drug-likeness (QED) is 0.634. The second-order valence-electron chi connectivity index (χ2n) is 3.08. The van der Waals surface area contributed by atoms with Gasteiger partial charge in [0.2, 0.25) is 11.8 Å². The molecule has 0 aromatic carbocycles. The third kappa shape index (κ3) is 2.81. The lowest BCUT2D eigenvalue weighted by atomic mass is 10.3. The summed E-state index contributed by atoms with van der Waals surface area (Å²) in [6.45, 7) is 2.44. The standard InChI is InChI=1S/C8H14N2O2S2/c11-7(5-13)9-1-2-10(4-3-9)8(12)6-14/h13-14H,1-6H2. The van der Waals surface area contributed by atoms with Gasteiger partial charge in [-0.15, -0.1) is 0 Å². The van der Waals surface area contributed by atoms with Gasteiger partial charge >= 0.3 is 0 Å². The number of amides is 2. The molecule has 0 aromatic rings. The molecule has 6 heteroatoms. The van der Waals surface area contributed by atoms with Gasteiger partial charge in [-0.1, -0.05) is 0 Å². The van der Waals surface area contributed by atoms with E-state index < -0.39 is 0 Å². The van der Waals surface area contributed by atoms with Crippen LogP contribution in [0.4, 0.5) is 0 Å². The van der Waals surface area contributed by atoms with Crippen LogP contribution >= 0.6 is 25.3 Å². The first-order valence-corrected chi connectivity index (χ1v) is 5.72. The van der Waals surface area contributed by atoms with Crippen LogP contribution in [0.1, 0.15) is 0 Å². The molecule has 0 aliphatic carbocycles. The van der Waals surface area contributed by atoms with E-state index in [0.29, 0.717) is 26.2 Å². The Morgan fingerprint density at radius 2 is 1.14 bits per heavy atom. The first-order chi connectivity index (χ1) is 6.69. The molecular formula is C8H14N2O2S2. The Morgan fingerprint density at radius 1 is 0.857 bits per heavy atom. The normalized spacial score (nSPS) is 17.0. The van der Waals surface area contributed by atoms with Crippen LogP contribution in [-0.2, 0) is 9.59 Å². The molecule has 1 fully saturated rings. The van der Waals surface area contributed by atoms with E-state index in [4.69, 9.17) is 0 Å². The van der Waals surface area contributed by atoms with Crippen molar-refractivity contribution in [1.82, 2.24) is 9.80 Å². The monoisotopic (exact) mass is 234 g/mol. The summed E-state index contributed by atoms with van der Waals surface area (Å²) in [6, 6.07) is 0. The lowest BCUT2D eigenvalue weighted by Crippen LogP contribution is -2.51. The Hall–Kier alpha value is -0.360. The van der Waals surface area contributed by atoms with E-state index in [-0.39, 0.29) is 23.3 Å². The van der Waals surface area contributed by atoms with Gasteiger partial charge in [0, 0.05) is 26.2 Å². The Bertz CT molecular complexity index is 203. The predicted octanol–water partition coefficient (Wildman–Crippen LogP) is -0.483. The average molecular weight is 234 g/mol. The van der Waals surface area contributed by atoms with Crippen LogP contribution < -0.4 is 0 Å². The van der Waals surface area contributed by atoms with E-state index in [9.17, 15) is 9.59 Å². The van der Waals surface area contributed by atoms with Crippen molar-refractivity contribution >= 4 is 37.1 Å². The fraction of sp³-hybridized carbons (Fsp3) is 0.750. The van der Waals surface area contributed by atoms with Gasteiger partial charge in [-0.2, -0.15) is 25.3 Å². The van der Waals surface area contributed by atoms with E-state index in [0.717, 1.165) is 0 Å². The highest BCUT2D eigenvalue weighted by molar-refractivity contribution is 7.81. The van der Waals surface area contributed by atoms with Crippen LogP contribution in [0.5, 0.6) is 0 Å². The fourth-order valence-electron chi connectivity index (χ4n) is 1.41.